The molecule has 3 rings (SSSR count). The molecule has 0 radical (unpaired) electrons. The quantitative estimate of drug-likeness (QED) is 0.577. The van der Waals surface area contributed by atoms with Crippen molar-refractivity contribution < 1.29 is 9.47 Å². The molecule has 0 aliphatic carbocycles. The van der Waals surface area contributed by atoms with Gasteiger partial charge in [0.2, 0.25) is 6.79 Å². The second-order valence-electron chi connectivity index (χ2n) is 7.50. The van der Waals surface area contributed by atoms with Crippen LogP contribution in [-0.4, -0.2) is 56.9 Å². The maximum absolute atomic E-state index is 5.44. The Hall–Kier alpha value is -1.95. The fourth-order valence-electron chi connectivity index (χ4n) is 3.69. The van der Waals surface area contributed by atoms with Crippen LogP contribution in [0, 0.1) is 5.92 Å². The largest absolute Gasteiger partial charge is 0.454 e. The molecule has 1 aromatic carbocycles. The monoisotopic (exact) mass is 360 g/mol. The number of benzene rings is 1. The van der Waals surface area contributed by atoms with E-state index < -0.39 is 0 Å². The Morgan fingerprint density at radius 2 is 2.12 bits per heavy atom. The van der Waals surface area contributed by atoms with Crippen molar-refractivity contribution in [1.29, 1.82) is 0 Å². The summed E-state index contributed by atoms with van der Waals surface area (Å²) in [5, 5.41) is 6.91. The smallest absolute Gasteiger partial charge is 0.231 e. The standard InChI is InChI=1S/C20H32N4O2/c1-15(2)13-24-10-4-5-17(24)12-23-20(21-3)22-9-8-16-6-7-18-19(11-16)26-14-25-18/h6-7,11,15,17H,4-5,8-10,12-14H2,1-3H3,(H2,21,22,23)/t17-/m1/s1. The van der Waals surface area contributed by atoms with Crippen LogP contribution in [-0.2, 0) is 6.42 Å². The Morgan fingerprint density at radius 3 is 2.92 bits per heavy atom. The highest BCUT2D eigenvalue weighted by molar-refractivity contribution is 5.79. The maximum Gasteiger partial charge on any atom is 0.231 e. The number of likely N-dealkylation sites (tertiary alicyclic amines) is 1. The van der Waals surface area contributed by atoms with Gasteiger partial charge in [-0.1, -0.05) is 19.9 Å². The molecule has 0 saturated carbocycles. The number of rotatable bonds is 7. The zero-order valence-electron chi connectivity index (χ0n) is 16.3. The highest BCUT2D eigenvalue weighted by atomic mass is 16.7. The molecule has 6 heteroatoms. The summed E-state index contributed by atoms with van der Waals surface area (Å²) >= 11 is 0. The summed E-state index contributed by atoms with van der Waals surface area (Å²) in [6.45, 7) is 9.10. The molecule has 2 N–H and O–H groups in total. The first-order valence-corrected chi connectivity index (χ1v) is 9.73. The molecule has 0 unspecified atom stereocenters. The summed E-state index contributed by atoms with van der Waals surface area (Å²) in [4.78, 5) is 6.96. The first-order chi connectivity index (χ1) is 12.7. The maximum atomic E-state index is 5.44. The summed E-state index contributed by atoms with van der Waals surface area (Å²) in [6.07, 6.45) is 3.49. The van der Waals surface area contributed by atoms with Gasteiger partial charge in [0.1, 0.15) is 0 Å². The lowest BCUT2D eigenvalue weighted by Crippen LogP contribution is -2.46. The molecule has 0 spiro atoms. The Kier molecular flexibility index (Phi) is 6.61. The van der Waals surface area contributed by atoms with E-state index >= 15 is 0 Å². The van der Waals surface area contributed by atoms with Gasteiger partial charge in [-0.15, -0.1) is 0 Å². The van der Waals surface area contributed by atoms with E-state index in [2.05, 4.69) is 46.5 Å². The summed E-state index contributed by atoms with van der Waals surface area (Å²) in [7, 11) is 1.83. The number of nitrogens with one attached hydrogen (secondary N) is 2. The molecule has 0 bridgehead atoms. The van der Waals surface area contributed by atoms with Gasteiger partial charge in [-0.3, -0.25) is 9.89 Å². The van der Waals surface area contributed by atoms with Crippen LogP contribution in [0.25, 0.3) is 0 Å². The summed E-state index contributed by atoms with van der Waals surface area (Å²) < 4.78 is 10.8. The van der Waals surface area contributed by atoms with Gasteiger partial charge in [0.15, 0.2) is 17.5 Å². The van der Waals surface area contributed by atoms with Crippen LogP contribution in [0.4, 0.5) is 0 Å². The molecule has 1 fully saturated rings. The lowest BCUT2D eigenvalue weighted by atomic mass is 10.1. The molecule has 2 aliphatic heterocycles. The Balaban J connectivity index is 1.41. The van der Waals surface area contributed by atoms with Gasteiger partial charge >= 0.3 is 0 Å². The van der Waals surface area contributed by atoms with E-state index in [1.54, 1.807) is 0 Å². The van der Waals surface area contributed by atoms with Crippen molar-refractivity contribution in [1.82, 2.24) is 15.5 Å². The molecule has 1 saturated heterocycles. The summed E-state index contributed by atoms with van der Waals surface area (Å²) in [5.74, 6) is 3.27. The zero-order chi connectivity index (χ0) is 18.4. The Bertz CT molecular complexity index is 618. The van der Waals surface area contributed by atoms with Crippen LogP contribution in [0.15, 0.2) is 23.2 Å². The van der Waals surface area contributed by atoms with Gasteiger partial charge in [0, 0.05) is 32.7 Å². The fourth-order valence-corrected chi connectivity index (χ4v) is 3.69. The minimum Gasteiger partial charge on any atom is -0.454 e. The average molecular weight is 361 g/mol. The third-order valence-electron chi connectivity index (χ3n) is 4.97. The normalized spacial score (nSPS) is 20.0. The van der Waals surface area contributed by atoms with Gasteiger partial charge < -0.3 is 20.1 Å². The predicted molar refractivity (Wildman–Crippen MR) is 105 cm³/mol. The average Bonchev–Trinajstić information content (AvgIpc) is 3.26. The van der Waals surface area contributed by atoms with E-state index in [0.717, 1.165) is 42.9 Å². The van der Waals surface area contributed by atoms with Crippen LogP contribution < -0.4 is 20.1 Å². The molecular formula is C20H32N4O2. The van der Waals surface area contributed by atoms with Crippen molar-refractivity contribution in [3.63, 3.8) is 0 Å². The molecule has 1 atom stereocenters. The van der Waals surface area contributed by atoms with E-state index in [-0.39, 0.29) is 0 Å². The molecule has 6 nitrogen and oxygen atoms in total. The SMILES string of the molecule is CN=C(NCCc1ccc2c(c1)OCO2)NC[C@H]1CCCN1CC(C)C. The fraction of sp³-hybridized carbons (Fsp3) is 0.650. The van der Waals surface area contributed by atoms with Crippen LogP contribution >= 0.6 is 0 Å². The topological polar surface area (TPSA) is 58.1 Å². The van der Waals surface area contributed by atoms with Crippen molar-refractivity contribution in [2.45, 2.75) is 39.2 Å². The van der Waals surface area contributed by atoms with E-state index in [0.29, 0.717) is 12.8 Å². The first kappa shape index (κ1) is 18.8. The molecule has 1 aromatic rings. The predicted octanol–water partition coefficient (Wildman–Crippen LogP) is 2.24. The molecule has 2 heterocycles. The number of hydrogen-bond donors (Lipinski definition) is 2. The van der Waals surface area contributed by atoms with Crippen LogP contribution in [0.1, 0.15) is 32.3 Å². The number of hydrogen-bond acceptors (Lipinski definition) is 4. The second kappa shape index (κ2) is 9.12. The molecule has 2 aliphatic rings. The van der Waals surface area contributed by atoms with Crippen molar-refractivity contribution in [2.24, 2.45) is 10.9 Å². The molecule has 26 heavy (non-hydrogen) atoms. The second-order valence-corrected chi connectivity index (χ2v) is 7.50. The number of fused-ring (bicyclic) bond motifs is 1. The van der Waals surface area contributed by atoms with Gasteiger partial charge in [0.05, 0.1) is 0 Å². The molecule has 144 valence electrons. The Labute approximate surface area is 157 Å². The van der Waals surface area contributed by atoms with Gasteiger partial charge in [-0.25, -0.2) is 0 Å². The van der Waals surface area contributed by atoms with Crippen molar-refractivity contribution in [3.8, 4) is 11.5 Å². The van der Waals surface area contributed by atoms with Crippen LogP contribution in [0.3, 0.4) is 0 Å². The number of nitrogens with zero attached hydrogens (tertiary/aromatic N) is 2. The van der Waals surface area contributed by atoms with E-state index in [1.165, 1.54) is 31.5 Å². The highest BCUT2D eigenvalue weighted by Crippen LogP contribution is 2.32. The first-order valence-electron chi connectivity index (χ1n) is 9.73. The highest BCUT2D eigenvalue weighted by Gasteiger charge is 2.24. The van der Waals surface area contributed by atoms with Crippen molar-refractivity contribution in [3.05, 3.63) is 23.8 Å². The van der Waals surface area contributed by atoms with E-state index in [4.69, 9.17) is 9.47 Å². The Morgan fingerprint density at radius 1 is 1.27 bits per heavy atom. The lowest BCUT2D eigenvalue weighted by Gasteiger charge is -2.27. The minimum absolute atomic E-state index is 0.322. The molecular weight excluding hydrogens is 328 g/mol. The third-order valence-corrected chi connectivity index (χ3v) is 4.97. The van der Waals surface area contributed by atoms with E-state index in [9.17, 15) is 0 Å². The summed E-state index contributed by atoms with van der Waals surface area (Å²) in [5.41, 5.74) is 1.23. The molecule has 0 aromatic heterocycles. The van der Waals surface area contributed by atoms with E-state index in [1.807, 2.05) is 13.1 Å². The van der Waals surface area contributed by atoms with Gasteiger partial charge in [0.25, 0.3) is 0 Å². The van der Waals surface area contributed by atoms with Gasteiger partial charge in [-0.05, 0) is 49.4 Å². The lowest BCUT2D eigenvalue weighted by molar-refractivity contribution is 0.174. The summed E-state index contributed by atoms with van der Waals surface area (Å²) in [6, 6.07) is 6.74. The van der Waals surface area contributed by atoms with Crippen molar-refractivity contribution in [2.75, 3.05) is 40.0 Å². The molecule has 0 amide bonds. The number of ether oxygens (including phenoxy) is 2. The third kappa shape index (κ3) is 5.04. The zero-order valence-corrected chi connectivity index (χ0v) is 16.3. The number of aliphatic imine (C=N–C) groups is 1. The number of guanidine groups is 1. The van der Waals surface area contributed by atoms with Crippen molar-refractivity contribution >= 4 is 5.96 Å². The minimum atomic E-state index is 0.322. The van der Waals surface area contributed by atoms with Crippen LogP contribution in [0.2, 0.25) is 0 Å². The van der Waals surface area contributed by atoms with Crippen LogP contribution in [0.5, 0.6) is 11.5 Å². The van der Waals surface area contributed by atoms with Gasteiger partial charge in [-0.2, -0.15) is 0 Å².